The van der Waals surface area contributed by atoms with Crippen molar-refractivity contribution in [1.82, 2.24) is 19.8 Å². The molecule has 4 rings (SSSR count). The average molecular weight is 437 g/mol. The predicted octanol–water partition coefficient (Wildman–Crippen LogP) is 4.78. The Morgan fingerprint density at radius 3 is 2.66 bits per heavy atom. The lowest BCUT2D eigenvalue weighted by Gasteiger charge is -2.27. The van der Waals surface area contributed by atoms with E-state index in [1.165, 1.54) is 12.0 Å². The molecule has 1 amide bonds. The van der Waals surface area contributed by atoms with Crippen LogP contribution in [0.15, 0.2) is 30.5 Å². The molecule has 1 atom stereocenters. The van der Waals surface area contributed by atoms with Gasteiger partial charge in [0.1, 0.15) is 11.6 Å². The second kappa shape index (κ2) is 10.4. The van der Waals surface area contributed by atoms with E-state index in [1.807, 2.05) is 17.9 Å². The fourth-order valence-electron chi connectivity index (χ4n) is 4.68. The van der Waals surface area contributed by atoms with E-state index in [0.717, 1.165) is 75.7 Å². The summed E-state index contributed by atoms with van der Waals surface area (Å²) in [6.07, 6.45) is 7.29. The summed E-state index contributed by atoms with van der Waals surface area (Å²) in [5, 5.41) is 0. The molecule has 2 saturated heterocycles. The van der Waals surface area contributed by atoms with Crippen molar-refractivity contribution in [3.05, 3.63) is 53.1 Å². The molecule has 2 aliphatic rings. The summed E-state index contributed by atoms with van der Waals surface area (Å²) >= 11 is 0. The molecule has 6 nitrogen and oxygen atoms in total. The van der Waals surface area contributed by atoms with Crippen LogP contribution in [0.2, 0.25) is 0 Å². The highest BCUT2D eigenvalue weighted by Gasteiger charge is 2.30. The Labute approximate surface area is 192 Å². The maximum absolute atomic E-state index is 12.9. The molecule has 0 N–H and O–H groups in total. The first-order valence-electron chi connectivity index (χ1n) is 12.1. The van der Waals surface area contributed by atoms with Crippen LogP contribution in [-0.2, 0) is 6.54 Å². The monoisotopic (exact) mass is 436 g/mol. The number of rotatable bonds is 7. The van der Waals surface area contributed by atoms with Gasteiger partial charge in [0.2, 0.25) is 0 Å². The maximum atomic E-state index is 12.9. The number of para-hydroxylation sites is 1. The minimum absolute atomic E-state index is 0.0771. The summed E-state index contributed by atoms with van der Waals surface area (Å²) in [4.78, 5) is 26.8. The fourth-order valence-corrected chi connectivity index (χ4v) is 4.68. The summed E-state index contributed by atoms with van der Waals surface area (Å²) in [6, 6.07) is 8.49. The van der Waals surface area contributed by atoms with Crippen LogP contribution in [0.1, 0.15) is 79.4 Å². The number of likely N-dealkylation sites (tertiary alicyclic amines) is 2. The highest BCUT2D eigenvalue weighted by molar-refractivity contribution is 5.95. The van der Waals surface area contributed by atoms with Gasteiger partial charge in [0, 0.05) is 31.4 Å². The van der Waals surface area contributed by atoms with Gasteiger partial charge in [0.25, 0.3) is 5.91 Å². The Hall–Kier alpha value is -2.47. The Balaban J connectivity index is 1.48. The molecular formula is C26H36N4O2. The molecule has 1 unspecified atom stereocenters. The molecule has 0 spiro atoms. The topological polar surface area (TPSA) is 58.6 Å². The number of benzene rings is 1. The Morgan fingerprint density at radius 2 is 1.91 bits per heavy atom. The molecule has 3 heterocycles. The lowest BCUT2D eigenvalue weighted by Crippen LogP contribution is -2.36. The van der Waals surface area contributed by atoms with Gasteiger partial charge in [-0.1, -0.05) is 32.0 Å². The van der Waals surface area contributed by atoms with Crippen LogP contribution in [0.3, 0.4) is 0 Å². The number of carbonyl (C=O) groups is 1. The van der Waals surface area contributed by atoms with Gasteiger partial charge >= 0.3 is 0 Å². The van der Waals surface area contributed by atoms with Crippen LogP contribution in [0, 0.1) is 12.8 Å². The molecule has 6 heteroatoms. The second-order valence-corrected chi connectivity index (χ2v) is 9.52. The number of piperidine rings is 1. The van der Waals surface area contributed by atoms with Crippen LogP contribution < -0.4 is 4.74 Å². The van der Waals surface area contributed by atoms with Crippen LogP contribution in [-0.4, -0.2) is 51.9 Å². The molecular weight excluding hydrogens is 400 g/mol. The van der Waals surface area contributed by atoms with Gasteiger partial charge in [-0.15, -0.1) is 0 Å². The molecule has 1 aromatic heterocycles. The molecule has 172 valence electrons. The molecule has 2 aromatic rings. The smallest absolute Gasteiger partial charge is 0.257 e. The first-order valence-corrected chi connectivity index (χ1v) is 12.1. The minimum atomic E-state index is 0.0771. The molecule has 2 fully saturated rings. The number of hydrogen-bond donors (Lipinski definition) is 0. The number of amides is 1. The predicted molar refractivity (Wildman–Crippen MR) is 126 cm³/mol. The third-order valence-corrected chi connectivity index (χ3v) is 6.45. The molecule has 32 heavy (non-hydrogen) atoms. The number of ether oxygens (including phenoxy) is 1. The van der Waals surface area contributed by atoms with Crippen molar-refractivity contribution in [2.45, 2.75) is 65.5 Å². The van der Waals surface area contributed by atoms with Crippen molar-refractivity contribution >= 4 is 5.91 Å². The van der Waals surface area contributed by atoms with Crippen LogP contribution in [0.5, 0.6) is 5.75 Å². The van der Waals surface area contributed by atoms with Crippen LogP contribution >= 0.6 is 0 Å². The first-order chi connectivity index (χ1) is 15.5. The van der Waals surface area contributed by atoms with E-state index in [0.29, 0.717) is 11.5 Å². The molecule has 0 bridgehead atoms. The molecule has 1 aromatic carbocycles. The first kappa shape index (κ1) is 22.7. The summed E-state index contributed by atoms with van der Waals surface area (Å²) in [5.41, 5.74) is 2.64. The highest BCUT2D eigenvalue weighted by Crippen LogP contribution is 2.33. The van der Waals surface area contributed by atoms with Crippen molar-refractivity contribution in [2.75, 3.05) is 26.2 Å². The van der Waals surface area contributed by atoms with Gasteiger partial charge in [-0.2, -0.15) is 0 Å². The number of hydrogen-bond acceptors (Lipinski definition) is 5. The van der Waals surface area contributed by atoms with E-state index in [2.05, 4.69) is 41.9 Å². The normalized spacial score (nSPS) is 19.5. The van der Waals surface area contributed by atoms with E-state index in [1.54, 1.807) is 6.20 Å². The third kappa shape index (κ3) is 5.29. The van der Waals surface area contributed by atoms with E-state index in [9.17, 15) is 4.79 Å². The summed E-state index contributed by atoms with van der Waals surface area (Å²) in [5.74, 6) is 2.36. The second-order valence-electron chi connectivity index (χ2n) is 9.52. The number of carbonyl (C=O) groups excluding carboxylic acids is 1. The van der Waals surface area contributed by atoms with Gasteiger partial charge in [0.15, 0.2) is 0 Å². The van der Waals surface area contributed by atoms with E-state index in [4.69, 9.17) is 9.72 Å². The summed E-state index contributed by atoms with van der Waals surface area (Å²) in [6.45, 7) is 10.5. The minimum Gasteiger partial charge on any atom is -0.493 e. The van der Waals surface area contributed by atoms with Crippen molar-refractivity contribution < 1.29 is 9.53 Å². The molecule has 2 aliphatic heterocycles. The number of aromatic nitrogens is 2. The molecule has 0 aliphatic carbocycles. The Bertz CT molecular complexity index is 924. The zero-order valence-electron chi connectivity index (χ0n) is 19.7. The van der Waals surface area contributed by atoms with Crippen LogP contribution in [0.4, 0.5) is 0 Å². The number of aryl methyl sites for hydroxylation is 1. The summed E-state index contributed by atoms with van der Waals surface area (Å²) in [7, 11) is 0. The third-order valence-electron chi connectivity index (χ3n) is 6.45. The largest absolute Gasteiger partial charge is 0.493 e. The van der Waals surface area contributed by atoms with Crippen molar-refractivity contribution in [3.8, 4) is 5.75 Å². The van der Waals surface area contributed by atoms with E-state index in [-0.39, 0.29) is 11.9 Å². The fraction of sp³-hybridized carbons (Fsp3) is 0.577. The summed E-state index contributed by atoms with van der Waals surface area (Å²) < 4.78 is 6.07. The van der Waals surface area contributed by atoms with Gasteiger partial charge in [-0.3, -0.25) is 9.69 Å². The van der Waals surface area contributed by atoms with Crippen LogP contribution in [0.25, 0.3) is 0 Å². The highest BCUT2D eigenvalue weighted by atomic mass is 16.5. The Kier molecular flexibility index (Phi) is 7.40. The lowest BCUT2D eigenvalue weighted by molar-refractivity contribution is 0.0722. The quantitative estimate of drug-likeness (QED) is 0.625. The van der Waals surface area contributed by atoms with Gasteiger partial charge in [-0.25, -0.2) is 9.97 Å². The molecule has 0 saturated carbocycles. The van der Waals surface area contributed by atoms with Gasteiger partial charge in [0.05, 0.1) is 23.9 Å². The zero-order valence-corrected chi connectivity index (χ0v) is 19.7. The van der Waals surface area contributed by atoms with Crippen molar-refractivity contribution in [2.24, 2.45) is 5.92 Å². The van der Waals surface area contributed by atoms with Crippen molar-refractivity contribution in [1.29, 1.82) is 0 Å². The molecule has 0 radical (unpaired) electrons. The van der Waals surface area contributed by atoms with Gasteiger partial charge < -0.3 is 9.64 Å². The number of nitrogens with zero attached hydrogens (tertiary/aromatic N) is 4. The maximum Gasteiger partial charge on any atom is 0.257 e. The SMILES string of the molecule is Cc1nc(C2CCCN2Cc2ccccc2OCC(C)C)ncc1C(=O)N1CCCCC1. The lowest BCUT2D eigenvalue weighted by atomic mass is 10.1. The van der Waals surface area contributed by atoms with E-state index < -0.39 is 0 Å². The average Bonchev–Trinajstić information content (AvgIpc) is 3.26. The zero-order chi connectivity index (χ0) is 22.5. The van der Waals surface area contributed by atoms with Crippen molar-refractivity contribution in [3.63, 3.8) is 0 Å². The standard InChI is InChI=1S/C26H36N4O2/c1-19(2)18-32-24-12-6-5-10-21(24)17-30-15-9-11-23(30)25-27-16-22(20(3)28-25)26(31)29-13-7-4-8-14-29/h5-6,10,12,16,19,23H,4,7-9,11,13-15,17-18H2,1-3H3. The van der Waals surface area contributed by atoms with E-state index >= 15 is 0 Å². The van der Waals surface area contributed by atoms with Gasteiger partial charge in [-0.05, 0) is 57.6 Å². The Morgan fingerprint density at radius 1 is 1.12 bits per heavy atom.